The van der Waals surface area contributed by atoms with E-state index in [4.69, 9.17) is 9.84 Å². The Labute approximate surface area is 154 Å². The first-order chi connectivity index (χ1) is 12.6. The summed E-state index contributed by atoms with van der Waals surface area (Å²) in [7, 11) is 0. The van der Waals surface area contributed by atoms with Gasteiger partial charge in [-0.3, -0.25) is 4.79 Å². The molecule has 26 heavy (non-hydrogen) atoms. The summed E-state index contributed by atoms with van der Waals surface area (Å²) in [5, 5.41) is 11.9. The monoisotopic (exact) mass is 360 g/mol. The number of nitrogens with one attached hydrogen (secondary N) is 1. The van der Waals surface area contributed by atoms with Gasteiger partial charge in [-0.05, 0) is 56.2 Å². The van der Waals surface area contributed by atoms with Crippen LogP contribution in [0.15, 0.2) is 24.3 Å². The smallest absolute Gasteiger partial charge is 0.317 e. The average Bonchev–Trinajstić information content (AvgIpc) is 2.68. The summed E-state index contributed by atoms with van der Waals surface area (Å²) in [5.41, 5.74) is 1.02. The van der Waals surface area contributed by atoms with Gasteiger partial charge >= 0.3 is 12.0 Å². The van der Waals surface area contributed by atoms with Crippen LogP contribution in [-0.2, 0) is 11.3 Å². The fourth-order valence-electron chi connectivity index (χ4n) is 3.68. The molecule has 2 amide bonds. The molecule has 0 aromatic heterocycles. The number of rotatable bonds is 5. The molecule has 1 aromatic rings. The molecule has 6 nitrogen and oxygen atoms in total. The van der Waals surface area contributed by atoms with Crippen molar-refractivity contribution in [2.75, 3.05) is 13.1 Å². The third-order valence-electron chi connectivity index (χ3n) is 5.35. The van der Waals surface area contributed by atoms with E-state index in [2.05, 4.69) is 5.32 Å². The van der Waals surface area contributed by atoms with Crippen LogP contribution in [0.3, 0.4) is 0 Å². The van der Waals surface area contributed by atoms with E-state index < -0.39 is 5.97 Å². The van der Waals surface area contributed by atoms with Crippen LogP contribution in [0, 0.1) is 5.92 Å². The van der Waals surface area contributed by atoms with Crippen molar-refractivity contribution in [1.29, 1.82) is 0 Å². The molecule has 0 radical (unpaired) electrons. The second kappa shape index (κ2) is 8.92. The van der Waals surface area contributed by atoms with E-state index in [0.29, 0.717) is 38.6 Å². The third kappa shape index (κ3) is 5.13. The van der Waals surface area contributed by atoms with Crippen molar-refractivity contribution in [3.63, 3.8) is 0 Å². The zero-order chi connectivity index (χ0) is 18.4. The van der Waals surface area contributed by atoms with Crippen LogP contribution >= 0.6 is 0 Å². The number of benzene rings is 1. The second-order valence-electron chi connectivity index (χ2n) is 7.28. The molecule has 6 heteroatoms. The van der Waals surface area contributed by atoms with Gasteiger partial charge in [0.1, 0.15) is 5.75 Å². The Hall–Kier alpha value is -2.24. The van der Waals surface area contributed by atoms with Crippen LogP contribution in [-0.4, -0.2) is 41.2 Å². The number of aliphatic carboxylic acids is 1. The number of nitrogens with zero attached hydrogens (tertiary/aromatic N) is 1. The fraction of sp³-hybridized carbons (Fsp3) is 0.600. The van der Waals surface area contributed by atoms with Crippen molar-refractivity contribution in [2.45, 2.75) is 57.6 Å². The number of hydrogen-bond acceptors (Lipinski definition) is 3. The Morgan fingerprint density at radius 1 is 1.04 bits per heavy atom. The minimum atomic E-state index is -0.763. The second-order valence-corrected chi connectivity index (χ2v) is 7.28. The Balaban J connectivity index is 1.41. The number of carboxylic acids is 1. The molecule has 1 saturated heterocycles. The van der Waals surface area contributed by atoms with E-state index in [1.54, 1.807) is 4.90 Å². The lowest BCUT2D eigenvalue weighted by Crippen LogP contribution is -2.45. The van der Waals surface area contributed by atoms with E-state index in [9.17, 15) is 9.59 Å². The molecule has 1 saturated carbocycles. The van der Waals surface area contributed by atoms with Crippen LogP contribution in [0.4, 0.5) is 4.79 Å². The molecular weight excluding hydrogens is 332 g/mol. The molecule has 1 aromatic carbocycles. The number of carbonyl (C=O) groups excluding carboxylic acids is 1. The Morgan fingerprint density at radius 3 is 2.31 bits per heavy atom. The van der Waals surface area contributed by atoms with Crippen LogP contribution in [0.1, 0.15) is 50.5 Å². The molecule has 0 atom stereocenters. The molecule has 1 aliphatic carbocycles. The van der Waals surface area contributed by atoms with Crippen LogP contribution < -0.4 is 10.1 Å². The Kier molecular flexibility index (Phi) is 6.36. The summed E-state index contributed by atoms with van der Waals surface area (Å²) in [6.07, 6.45) is 7.46. The maximum atomic E-state index is 12.2. The van der Waals surface area contributed by atoms with Gasteiger partial charge in [0.15, 0.2) is 0 Å². The van der Waals surface area contributed by atoms with E-state index in [1.165, 1.54) is 19.3 Å². The predicted molar refractivity (Wildman–Crippen MR) is 98.1 cm³/mol. The van der Waals surface area contributed by atoms with E-state index >= 15 is 0 Å². The molecule has 2 N–H and O–H groups in total. The van der Waals surface area contributed by atoms with Crippen molar-refractivity contribution in [1.82, 2.24) is 10.2 Å². The van der Waals surface area contributed by atoms with Gasteiger partial charge in [-0.25, -0.2) is 4.79 Å². The minimum absolute atomic E-state index is 0.128. The number of carbonyl (C=O) groups is 2. The first-order valence-corrected chi connectivity index (χ1v) is 9.63. The number of piperidine rings is 1. The summed E-state index contributed by atoms with van der Waals surface area (Å²) in [6, 6.07) is 7.77. The molecule has 0 spiro atoms. The first-order valence-electron chi connectivity index (χ1n) is 9.63. The van der Waals surface area contributed by atoms with Crippen molar-refractivity contribution < 1.29 is 19.4 Å². The molecule has 0 bridgehead atoms. The molecule has 1 aliphatic heterocycles. The molecular formula is C20H28N2O4. The van der Waals surface area contributed by atoms with Crippen LogP contribution in [0.2, 0.25) is 0 Å². The van der Waals surface area contributed by atoms with Gasteiger partial charge in [0, 0.05) is 19.6 Å². The lowest BCUT2D eigenvalue weighted by atomic mass is 9.97. The Morgan fingerprint density at radius 2 is 1.69 bits per heavy atom. The minimum Gasteiger partial charge on any atom is -0.490 e. The maximum absolute atomic E-state index is 12.2. The quantitative estimate of drug-likeness (QED) is 0.843. The number of ether oxygens (including phenoxy) is 1. The molecule has 0 unspecified atom stereocenters. The highest BCUT2D eigenvalue weighted by Gasteiger charge is 2.26. The van der Waals surface area contributed by atoms with Gasteiger partial charge in [0.05, 0.1) is 12.0 Å². The van der Waals surface area contributed by atoms with Gasteiger partial charge in [0.25, 0.3) is 0 Å². The van der Waals surface area contributed by atoms with Crippen molar-refractivity contribution in [3.05, 3.63) is 29.8 Å². The zero-order valence-electron chi connectivity index (χ0n) is 15.2. The summed E-state index contributed by atoms with van der Waals surface area (Å²) in [6.45, 7) is 1.45. The number of hydrogen-bond donors (Lipinski definition) is 2. The Bertz CT molecular complexity index is 603. The number of urea groups is 1. The molecule has 2 fully saturated rings. The topological polar surface area (TPSA) is 78.9 Å². The zero-order valence-corrected chi connectivity index (χ0v) is 15.2. The van der Waals surface area contributed by atoms with Gasteiger partial charge in [-0.2, -0.15) is 0 Å². The van der Waals surface area contributed by atoms with Crippen LogP contribution in [0.5, 0.6) is 5.75 Å². The standard InChI is InChI=1S/C20H28N2O4/c23-19(24)16-10-12-22(13-11-16)20(25)21-14-15-6-8-18(9-7-15)26-17-4-2-1-3-5-17/h6-9,16-17H,1-5,10-14H2,(H,21,25)(H,23,24). The van der Waals surface area contributed by atoms with Crippen molar-refractivity contribution in [2.24, 2.45) is 5.92 Å². The number of likely N-dealkylation sites (tertiary alicyclic amines) is 1. The highest BCUT2D eigenvalue weighted by Crippen LogP contribution is 2.23. The highest BCUT2D eigenvalue weighted by atomic mass is 16.5. The summed E-state index contributed by atoms with van der Waals surface area (Å²) in [5.74, 6) is -0.195. The molecule has 2 aliphatic rings. The molecule has 1 heterocycles. The number of carboxylic acid groups (broad SMARTS) is 1. The van der Waals surface area contributed by atoms with E-state index in [-0.39, 0.29) is 11.9 Å². The van der Waals surface area contributed by atoms with Gasteiger partial charge < -0.3 is 20.1 Å². The van der Waals surface area contributed by atoms with Gasteiger partial charge in [-0.15, -0.1) is 0 Å². The van der Waals surface area contributed by atoms with Crippen molar-refractivity contribution in [3.8, 4) is 5.75 Å². The normalized spacial score (nSPS) is 19.2. The lowest BCUT2D eigenvalue weighted by Gasteiger charge is -2.30. The van der Waals surface area contributed by atoms with E-state index in [1.807, 2.05) is 24.3 Å². The van der Waals surface area contributed by atoms with Crippen molar-refractivity contribution >= 4 is 12.0 Å². The average molecular weight is 360 g/mol. The summed E-state index contributed by atoms with van der Waals surface area (Å²) < 4.78 is 6.02. The molecule has 142 valence electrons. The summed E-state index contributed by atoms with van der Waals surface area (Å²) >= 11 is 0. The fourth-order valence-corrected chi connectivity index (χ4v) is 3.68. The van der Waals surface area contributed by atoms with Gasteiger partial charge in [0.2, 0.25) is 0 Å². The maximum Gasteiger partial charge on any atom is 0.317 e. The van der Waals surface area contributed by atoms with E-state index in [0.717, 1.165) is 24.2 Å². The highest BCUT2D eigenvalue weighted by molar-refractivity contribution is 5.75. The first kappa shape index (κ1) is 18.5. The predicted octanol–water partition coefficient (Wildman–Crippen LogP) is 3.40. The molecule has 3 rings (SSSR count). The van der Waals surface area contributed by atoms with Gasteiger partial charge in [-0.1, -0.05) is 18.6 Å². The number of amides is 2. The third-order valence-corrected chi connectivity index (χ3v) is 5.35. The largest absolute Gasteiger partial charge is 0.490 e. The van der Waals surface area contributed by atoms with Crippen LogP contribution in [0.25, 0.3) is 0 Å². The lowest BCUT2D eigenvalue weighted by molar-refractivity contribution is -0.143. The summed E-state index contributed by atoms with van der Waals surface area (Å²) in [4.78, 5) is 24.9. The SMILES string of the molecule is O=C(O)C1CCN(C(=O)NCc2ccc(OC3CCCCC3)cc2)CC1.